The highest BCUT2D eigenvalue weighted by atomic mass is 15.4. The van der Waals surface area contributed by atoms with Crippen molar-refractivity contribution >= 4 is 10.9 Å². The molecule has 0 atom stereocenters. The van der Waals surface area contributed by atoms with Crippen LogP contribution in [0.3, 0.4) is 0 Å². The maximum Gasteiger partial charge on any atom is 0.0692 e. The molecule has 2 nitrogen and oxygen atoms in total. The molecule has 2 rings (SSSR count). The fraction of sp³-hybridized carbons (Fsp3) is 0.385. The first kappa shape index (κ1) is 10.1. The second kappa shape index (κ2) is 4.39. The fourth-order valence-corrected chi connectivity index (χ4v) is 1.86. The lowest BCUT2D eigenvalue weighted by Gasteiger charge is -2.18. The van der Waals surface area contributed by atoms with Gasteiger partial charge in [-0.2, -0.15) is 0 Å². The van der Waals surface area contributed by atoms with E-state index in [1.54, 1.807) is 0 Å². The van der Waals surface area contributed by atoms with Gasteiger partial charge in [0.05, 0.1) is 5.52 Å². The molecule has 15 heavy (non-hydrogen) atoms. The maximum atomic E-state index is 3.52. The van der Waals surface area contributed by atoms with Crippen LogP contribution in [0.2, 0.25) is 0 Å². The van der Waals surface area contributed by atoms with Crippen molar-refractivity contribution in [3.63, 3.8) is 0 Å². The zero-order valence-electron chi connectivity index (χ0n) is 9.40. The predicted octanol–water partition coefficient (Wildman–Crippen LogP) is 3.37. The molecule has 0 saturated carbocycles. The summed E-state index contributed by atoms with van der Waals surface area (Å²) in [6.45, 7) is 4.43. The van der Waals surface area contributed by atoms with Crippen molar-refractivity contribution in [1.82, 2.24) is 4.68 Å². The second-order valence-electron chi connectivity index (χ2n) is 3.89. The number of nitrogens with zero attached hydrogens (tertiary/aromatic N) is 1. The summed E-state index contributed by atoms with van der Waals surface area (Å²) in [4.78, 5) is 0. The minimum Gasteiger partial charge on any atom is -0.323 e. The van der Waals surface area contributed by atoms with E-state index in [1.807, 2.05) is 0 Å². The molecule has 1 aromatic heterocycles. The average molecular weight is 202 g/mol. The van der Waals surface area contributed by atoms with E-state index in [2.05, 4.69) is 60.5 Å². The molecule has 0 bridgehead atoms. The molecule has 1 aromatic carbocycles. The molecule has 0 unspecified atom stereocenters. The number of para-hydroxylation sites is 1. The topological polar surface area (TPSA) is 17.0 Å². The van der Waals surface area contributed by atoms with Crippen LogP contribution in [0, 0.1) is 0 Å². The van der Waals surface area contributed by atoms with Crippen molar-refractivity contribution in [3.05, 3.63) is 36.5 Å². The van der Waals surface area contributed by atoms with Crippen LogP contribution in [0.15, 0.2) is 36.5 Å². The highest BCUT2D eigenvalue weighted by Gasteiger charge is 2.04. The van der Waals surface area contributed by atoms with Gasteiger partial charge in [-0.25, -0.2) is 0 Å². The lowest BCUT2D eigenvalue weighted by atomic mass is 10.2. The zero-order valence-corrected chi connectivity index (χ0v) is 9.40. The van der Waals surface area contributed by atoms with Gasteiger partial charge in [0.15, 0.2) is 0 Å². The molecule has 0 aliphatic rings. The molecule has 0 amide bonds. The van der Waals surface area contributed by atoms with Gasteiger partial charge in [0, 0.05) is 17.6 Å². The first-order chi connectivity index (χ1) is 7.35. The van der Waals surface area contributed by atoms with Crippen LogP contribution in [0.5, 0.6) is 0 Å². The molecule has 0 fully saturated rings. The number of benzene rings is 1. The first-order valence-corrected chi connectivity index (χ1v) is 5.67. The van der Waals surface area contributed by atoms with Gasteiger partial charge < -0.3 is 5.43 Å². The Bertz CT molecular complexity index is 427. The lowest BCUT2D eigenvalue weighted by Crippen LogP contribution is -2.25. The minimum atomic E-state index is 0.556. The van der Waals surface area contributed by atoms with E-state index < -0.39 is 0 Å². The zero-order chi connectivity index (χ0) is 10.7. The molecule has 0 radical (unpaired) electrons. The smallest absolute Gasteiger partial charge is 0.0692 e. The Morgan fingerprint density at radius 2 is 1.87 bits per heavy atom. The van der Waals surface area contributed by atoms with Gasteiger partial charge in [-0.1, -0.05) is 32.0 Å². The van der Waals surface area contributed by atoms with Gasteiger partial charge in [-0.05, 0) is 25.0 Å². The van der Waals surface area contributed by atoms with Gasteiger partial charge >= 0.3 is 0 Å². The van der Waals surface area contributed by atoms with Gasteiger partial charge in [0.25, 0.3) is 0 Å². The van der Waals surface area contributed by atoms with Gasteiger partial charge in [-0.15, -0.1) is 0 Å². The summed E-state index contributed by atoms with van der Waals surface area (Å²) in [6.07, 6.45) is 4.41. The highest BCUT2D eigenvalue weighted by molar-refractivity contribution is 5.80. The predicted molar refractivity (Wildman–Crippen MR) is 65.7 cm³/mol. The van der Waals surface area contributed by atoms with Gasteiger partial charge in [-0.3, -0.25) is 4.68 Å². The third-order valence-electron chi connectivity index (χ3n) is 2.91. The molecule has 0 spiro atoms. The number of aromatic nitrogens is 1. The number of hydrogen-bond donors (Lipinski definition) is 1. The molecule has 0 aliphatic heterocycles. The molecule has 2 heteroatoms. The molecular weight excluding hydrogens is 184 g/mol. The quantitative estimate of drug-likeness (QED) is 0.804. The average Bonchev–Trinajstić information content (AvgIpc) is 2.69. The van der Waals surface area contributed by atoms with Crippen LogP contribution in [-0.2, 0) is 0 Å². The Morgan fingerprint density at radius 1 is 1.13 bits per heavy atom. The Morgan fingerprint density at radius 3 is 2.60 bits per heavy atom. The third-order valence-corrected chi connectivity index (χ3v) is 2.91. The monoisotopic (exact) mass is 202 g/mol. The first-order valence-electron chi connectivity index (χ1n) is 5.67. The van der Waals surface area contributed by atoms with Crippen molar-refractivity contribution in [2.24, 2.45) is 0 Å². The highest BCUT2D eigenvalue weighted by Crippen LogP contribution is 2.14. The van der Waals surface area contributed by atoms with Crippen LogP contribution in [0.1, 0.15) is 26.7 Å². The fourth-order valence-electron chi connectivity index (χ4n) is 1.86. The molecule has 0 saturated heterocycles. The van der Waals surface area contributed by atoms with Crippen molar-refractivity contribution in [2.75, 3.05) is 5.43 Å². The van der Waals surface area contributed by atoms with E-state index in [0.717, 1.165) is 12.8 Å². The summed E-state index contributed by atoms with van der Waals surface area (Å²) in [5.41, 5.74) is 4.77. The van der Waals surface area contributed by atoms with E-state index in [0.29, 0.717) is 6.04 Å². The summed E-state index contributed by atoms with van der Waals surface area (Å²) in [5.74, 6) is 0. The van der Waals surface area contributed by atoms with Crippen LogP contribution in [0.25, 0.3) is 10.9 Å². The van der Waals surface area contributed by atoms with Crippen molar-refractivity contribution in [2.45, 2.75) is 32.7 Å². The van der Waals surface area contributed by atoms with Crippen molar-refractivity contribution in [3.8, 4) is 0 Å². The third kappa shape index (κ3) is 1.99. The lowest BCUT2D eigenvalue weighted by molar-refractivity contribution is 0.608. The number of nitrogens with one attached hydrogen (secondary N) is 1. The van der Waals surface area contributed by atoms with E-state index >= 15 is 0 Å². The molecule has 1 N–H and O–H groups in total. The molecular formula is C13H18N2. The van der Waals surface area contributed by atoms with E-state index in [-0.39, 0.29) is 0 Å². The summed E-state index contributed by atoms with van der Waals surface area (Å²) >= 11 is 0. The van der Waals surface area contributed by atoms with E-state index in [9.17, 15) is 0 Å². The standard InChI is InChI=1S/C13H18N2/c1-3-12(4-2)14-15-10-9-11-7-5-6-8-13(11)15/h5-10,12,14H,3-4H2,1-2H3. The molecule has 80 valence electrons. The largest absolute Gasteiger partial charge is 0.323 e. The van der Waals surface area contributed by atoms with Crippen molar-refractivity contribution < 1.29 is 0 Å². The minimum absolute atomic E-state index is 0.556. The Balaban J connectivity index is 2.28. The summed E-state index contributed by atoms with van der Waals surface area (Å²) < 4.78 is 2.13. The number of hydrogen-bond acceptors (Lipinski definition) is 1. The molecule has 2 aromatic rings. The van der Waals surface area contributed by atoms with Gasteiger partial charge in [0.2, 0.25) is 0 Å². The number of fused-ring (bicyclic) bond motifs is 1. The van der Waals surface area contributed by atoms with Crippen LogP contribution < -0.4 is 5.43 Å². The van der Waals surface area contributed by atoms with Gasteiger partial charge in [0.1, 0.15) is 0 Å². The van der Waals surface area contributed by atoms with Crippen LogP contribution >= 0.6 is 0 Å². The molecule has 0 aliphatic carbocycles. The Hall–Kier alpha value is -1.44. The van der Waals surface area contributed by atoms with Crippen LogP contribution in [0.4, 0.5) is 0 Å². The SMILES string of the molecule is CCC(CC)Nn1ccc2ccccc21. The second-order valence-corrected chi connectivity index (χ2v) is 3.89. The Kier molecular flexibility index (Phi) is 2.95. The van der Waals surface area contributed by atoms with Crippen LogP contribution in [-0.4, -0.2) is 10.7 Å². The normalized spacial score (nSPS) is 11.1. The maximum absolute atomic E-state index is 3.52. The summed E-state index contributed by atoms with van der Waals surface area (Å²) in [6, 6.07) is 11.1. The summed E-state index contributed by atoms with van der Waals surface area (Å²) in [5, 5.41) is 1.29. The molecule has 1 heterocycles. The summed E-state index contributed by atoms with van der Waals surface area (Å²) in [7, 11) is 0. The number of rotatable bonds is 4. The van der Waals surface area contributed by atoms with E-state index in [4.69, 9.17) is 0 Å². The van der Waals surface area contributed by atoms with Crippen molar-refractivity contribution in [1.29, 1.82) is 0 Å². The van der Waals surface area contributed by atoms with E-state index in [1.165, 1.54) is 10.9 Å². The Labute approximate surface area is 90.9 Å².